The molecule has 0 fully saturated rings. The molecule has 6 heteroatoms. The van der Waals surface area contributed by atoms with Crippen molar-refractivity contribution in [1.29, 1.82) is 0 Å². The second-order valence-corrected chi connectivity index (χ2v) is 0.470. The topological polar surface area (TPSA) is 121 Å². The van der Waals surface area contributed by atoms with Gasteiger partial charge in [0.25, 0.3) is 0 Å². The molecular formula is CH4N2O4. The van der Waals surface area contributed by atoms with Crippen molar-refractivity contribution < 1.29 is 10.1 Å². The summed E-state index contributed by atoms with van der Waals surface area (Å²) in [6.07, 6.45) is 0. The molecule has 0 spiro atoms. The molecule has 0 aromatic heterocycles. The van der Waals surface area contributed by atoms with Gasteiger partial charge >= 0.3 is 6.03 Å². The second kappa shape index (κ2) is 8.82. The monoisotopic (exact) mass is 108 g/mol. The Bertz CT molecular complexity index is 56.7. The molecular weight excluding hydrogens is 104 g/mol. The van der Waals surface area contributed by atoms with Crippen molar-refractivity contribution in [3.63, 3.8) is 0 Å². The first kappa shape index (κ1) is 9.18. The molecule has 0 aliphatic rings. The van der Waals surface area contributed by atoms with Gasteiger partial charge in [0.2, 0.25) is 0 Å². The predicted octanol–water partition coefficient (Wildman–Crippen LogP) is -2.10. The van der Waals surface area contributed by atoms with E-state index in [2.05, 4.69) is 11.5 Å². The molecule has 6 nitrogen and oxygen atoms in total. The molecule has 0 aromatic rings. The third kappa shape index (κ3) is 18.8. The van der Waals surface area contributed by atoms with E-state index in [-0.39, 0.29) is 0 Å². The summed E-state index contributed by atoms with van der Waals surface area (Å²) < 4.78 is 1.75. The lowest BCUT2D eigenvalue weighted by molar-refractivity contribution is -0.284. The van der Waals surface area contributed by atoms with Crippen molar-refractivity contribution >= 4 is 6.03 Å². The summed E-state index contributed by atoms with van der Waals surface area (Å²) in [7, 11) is 0. The minimum Gasteiger partial charge on any atom is -0.352 e. The van der Waals surface area contributed by atoms with Crippen LogP contribution >= 0.6 is 0 Å². The van der Waals surface area contributed by atoms with Gasteiger partial charge < -0.3 is 11.5 Å². The standard InChI is InChI=1S/CH4N2O.O3/c2-1(3)4;1-3-2/h(H4,2,3,4);. The highest BCUT2D eigenvalue weighted by molar-refractivity contribution is 5.69. The third-order valence-electron chi connectivity index (χ3n) is 0. The summed E-state index contributed by atoms with van der Waals surface area (Å²) >= 11 is 0. The van der Waals surface area contributed by atoms with Gasteiger partial charge in [0.1, 0.15) is 0 Å². The minimum atomic E-state index is -0.833. The molecule has 4 N–H and O–H groups in total. The molecule has 2 amide bonds. The molecule has 0 saturated carbocycles. The number of urea groups is 1. The Morgan fingerprint density at radius 3 is 1.57 bits per heavy atom. The SMILES string of the molecule is NC(N)=O.O=[O+][O-]. The van der Waals surface area contributed by atoms with Crippen LogP contribution in [0.2, 0.25) is 0 Å². The summed E-state index contributed by atoms with van der Waals surface area (Å²) in [5.41, 5.74) is 8.50. The summed E-state index contributed by atoms with van der Waals surface area (Å²) in [6, 6.07) is -0.833. The molecule has 0 aliphatic carbocycles. The number of amides is 2. The Morgan fingerprint density at radius 2 is 1.57 bits per heavy atom. The quantitative estimate of drug-likeness (QED) is 0.210. The van der Waals surface area contributed by atoms with Crippen LogP contribution < -0.4 is 16.7 Å². The largest absolute Gasteiger partial charge is 0.352 e. The van der Waals surface area contributed by atoms with Gasteiger partial charge in [0, 0.05) is 0 Å². The summed E-state index contributed by atoms with van der Waals surface area (Å²) in [4.78, 5) is 16.9. The van der Waals surface area contributed by atoms with Gasteiger partial charge in [-0.2, -0.15) is 0 Å². The lowest BCUT2D eigenvalue weighted by Gasteiger charge is -1.62. The van der Waals surface area contributed by atoms with Gasteiger partial charge in [-0.3, -0.25) is 0 Å². The highest BCUT2D eigenvalue weighted by Crippen LogP contribution is 1.25. The summed E-state index contributed by atoms with van der Waals surface area (Å²) in [5.74, 6) is 0. The van der Waals surface area contributed by atoms with Crippen LogP contribution in [0, 0.1) is 9.71 Å². The van der Waals surface area contributed by atoms with Crippen molar-refractivity contribution in [3.8, 4) is 0 Å². The van der Waals surface area contributed by atoms with E-state index in [0.717, 1.165) is 0 Å². The maximum absolute atomic E-state index is 9.00. The van der Waals surface area contributed by atoms with E-state index >= 15 is 0 Å². The molecule has 0 rings (SSSR count). The normalized spacial score (nSPS) is 5.14. The molecule has 0 atom stereocenters. The fourth-order valence-electron chi connectivity index (χ4n) is 0. The molecule has 0 heterocycles. The van der Waals surface area contributed by atoms with E-state index < -0.39 is 6.03 Å². The Kier molecular flexibility index (Phi) is 11.6. The Morgan fingerprint density at radius 1 is 1.57 bits per heavy atom. The zero-order valence-electron chi connectivity index (χ0n) is 3.29. The average molecular weight is 108 g/mol. The maximum atomic E-state index is 9.00. The third-order valence-corrected chi connectivity index (χ3v) is 0. The van der Waals surface area contributed by atoms with Gasteiger partial charge in [-0.15, -0.1) is 0 Å². The van der Waals surface area contributed by atoms with Crippen molar-refractivity contribution in [2.24, 2.45) is 11.5 Å². The molecule has 0 saturated heterocycles. The summed E-state index contributed by atoms with van der Waals surface area (Å²) in [5, 5.41) is 7.88. The van der Waals surface area contributed by atoms with E-state index in [9.17, 15) is 0 Å². The molecule has 42 valence electrons. The van der Waals surface area contributed by atoms with Crippen molar-refractivity contribution in [2.75, 3.05) is 0 Å². The fourth-order valence-corrected chi connectivity index (χ4v) is 0. The lowest BCUT2D eigenvalue weighted by Crippen LogP contribution is -2.18. The lowest BCUT2D eigenvalue weighted by atomic mass is 11.2. The maximum Gasteiger partial charge on any atom is 0.309 e. The van der Waals surface area contributed by atoms with Crippen LogP contribution in [0.25, 0.3) is 0 Å². The van der Waals surface area contributed by atoms with Gasteiger partial charge in [-0.05, 0) is 0 Å². The number of primary amides is 2. The Hall–Kier alpha value is -1.33. The van der Waals surface area contributed by atoms with E-state index in [1.165, 1.54) is 0 Å². The zero-order valence-corrected chi connectivity index (χ0v) is 3.29. The molecule has 7 heavy (non-hydrogen) atoms. The zero-order chi connectivity index (χ0) is 6.28. The van der Waals surface area contributed by atoms with Crippen LogP contribution in [-0.2, 0) is 0 Å². The predicted molar refractivity (Wildman–Crippen MR) is 20.5 cm³/mol. The second-order valence-electron chi connectivity index (χ2n) is 0.470. The van der Waals surface area contributed by atoms with Gasteiger partial charge in [-0.1, -0.05) is 10.2 Å². The van der Waals surface area contributed by atoms with E-state index in [0.29, 0.717) is 0 Å². The van der Waals surface area contributed by atoms with E-state index in [1.807, 2.05) is 0 Å². The molecule has 0 radical (unpaired) electrons. The van der Waals surface area contributed by atoms with Crippen molar-refractivity contribution in [3.05, 3.63) is 9.71 Å². The number of nitrogens with two attached hydrogens (primary N) is 2. The van der Waals surface area contributed by atoms with Crippen LogP contribution in [0.4, 0.5) is 4.79 Å². The molecule has 0 aliphatic heterocycles. The number of carbonyl (C=O) groups is 1. The number of hydrogen-bond acceptors (Lipinski definition) is 3. The van der Waals surface area contributed by atoms with E-state index in [1.54, 1.807) is 4.75 Å². The van der Waals surface area contributed by atoms with Crippen molar-refractivity contribution in [2.45, 2.75) is 0 Å². The fraction of sp³-hybridized carbons (Fsp3) is 0. The number of carbonyl (C=O) groups excluding carboxylic acids is 1. The summed E-state index contributed by atoms with van der Waals surface area (Å²) in [6.45, 7) is 0. The molecule has 0 unspecified atom stereocenters. The highest BCUT2D eigenvalue weighted by Gasteiger charge is 1.60. The van der Waals surface area contributed by atoms with Crippen LogP contribution in [0.15, 0.2) is 0 Å². The minimum absolute atomic E-state index is 0.833. The first-order valence-corrected chi connectivity index (χ1v) is 1.11. The number of hydrogen-bond donors (Lipinski definition) is 2. The van der Waals surface area contributed by atoms with Gasteiger partial charge in [0.15, 0.2) is 4.75 Å². The number of rotatable bonds is 0. The van der Waals surface area contributed by atoms with Gasteiger partial charge in [0.05, 0.1) is 0 Å². The Labute approximate surface area is 38.6 Å². The van der Waals surface area contributed by atoms with E-state index in [4.69, 9.17) is 15.0 Å². The van der Waals surface area contributed by atoms with Crippen LogP contribution in [0.5, 0.6) is 0 Å². The highest BCUT2D eigenvalue weighted by atomic mass is 17.2. The smallest absolute Gasteiger partial charge is 0.309 e. The van der Waals surface area contributed by atoms with Crippen molar-refractivity contribution in [1.82, 2.24) is 0 Å². The first-order valence-electron chi connectivity index (χ1n) is 1.11. The Balaban J connectivity index is 0. The molecule has 0 bridgehead atoms. The van der Waals surface area contributed by atoms with Crippen LogP contribution in [-0.4, -0.2) is 6.03 Å². The van der Waals surface area contributed by atoms with Crippen LogP contribution in [0.1, 0.15) is 0 Å². The van der Waals surface area contributed by atoms with Crippen LogP contribution in [0.3, 0.4) is 0 Å². The average Bonchev–Trinajstić information content (AvgIpc) is 1.33. The first-order chi connectivity index (χ1) is 3.15. The van der Waals surface area contributed by atoms with Gasteiger partial charge in [-0.25, -0.2) is 4.79 Å². The molecule has 0 aromatic carbocycles.